The summed E-state index contributed by atoms with van der Waals surface area (Å²) in [5, 5.41) is 11.7. The Hall–Kier alpha value is -3.54. The zero-order valence-corrected chi connectivity index (χ0v) is 19.7. The van der Waals surface area contributed by atoms with Gasteiger partial charge in [-0.3, -0.25) is 4.79 Å². The molecule has 0 bridgehead atoms. The van der Waals surface area contributed by atoms with E-state index in [4.69, 9.17) is 8.83 Å². The molecule has 1 aliphatic carbocycles. The monoisotopic (exact) mass is 459 g/mol. The fraction of sp³-hybridized carbons (Fsp3) is 0.357. The van der Waals surface area contributed by atoms with Gasteiger partial charge in [0, 0.05) is 28.3 Å². The number of hydrogen-bond donors (Lipinski definition) is 1. The van der Waals surface area contributed by atoms with Crippen LogP contribution in [0.2, 0.25) is 0 Å². The summed E-state index contributed by atoms with van der Waals surface area (Å²) >= 11 is 0. The molecule has 34 heavy (non-hydrogen) atoms. The first kappa shape index (κ1) is 22.3. The van der Waals surface area contributed by atoms with Crippen molar-refractivity contribution in [3.63, 3.8) is 0 Å². The molecular formula is C28H29NO5. The Balaban J connectivity index is 1.66. The third-order valence-electron chi connectivity index (χ3n) is 7.00. The summed E-state index contributed by atoms with van der Waals surface area (Å²) in [5.74, 6) is 0.215. The molecule has 2 heterocycles. The van der Waals surface area contributed by atoms with Crippen molar-refractivity contribution in [3.05, 3.63) is 54.3 Å². The van der Waals surface area contributed by atoms with Gasteiger partial charge in [-0.1, -0.05) is 6.92 Å². The van der Waals surface area contributed by atoms with Crippen molar-refractivity contribution in [1.82, 2.24) is 0 Å². The Morgan fingerprint density at radius 3 is 2.38 bits per heavy atom. The number of carboxylic acids is 1. The largest absolute Gasteiger partial charge is 0.478 e. The second kappa shape index (κ2) is 8.67. The number of furan rings is 2. The van der Waals surface area contributed by atoms with Crippen LogP contribution in [0.15, 0.2) is 57.6 Å². The third kappa shape index (κ3) is 3.87. The summed E-state index contributed by atoms with van der Waals surface area (Å²) in [5.41, 5.74) is 2.53. The van der Waals surface area contributed by atoms with Crippen LogP contribution in [0.1, 0.15) is 56.8 Å². The molecule has 1 amide bonds. The highest BCUT2D eigenvalue weighted by Crippen LogP contribution is 2.38. The van der Waals surface area contributed by atoms with Crippen molar-refractivity contribution in [1.29, 1.82) is 0 Å². The number of aromatic carboxylic acids is 1. The molecule has 0 spiro atoms. The van der Waals surface area contributed by atoms with Gasteiger partial charge in [-0.15, -0.1) is 0 Å². The van der Waals surface area contributed by atoms with E-state index in [9.17, 15) is 14.7 Å². The number of anilines is 1. The highest BCUT2D eigenvalue weighted by Gasteiger charge is 2.33. The van der Waals surface area contributed by atoms with Gasteiger partial charge in [-0.25, -0.2) is 4.79 Å². The third-order valence-corrected chi connectivity index (χ3v) is 7.00. The lowest BCUT2D eigenvalue weighted by Crippen LogP contribution is -2.42. The van der Waals surface area contributed by atoms with Crippen LogP contribution in [0.5, 0.6) is 0 Å². The molecule has 0 aliphatic heterocycles. The van der Waals surface area contributed by atoms with E-state index in [0.717, 1.165) is 47.8 Å². The molecule has 5 rings (SSSR count). The Morgan fingerprint density at radius 1 is 1.00 bits per heavy atom. The minimum absolute atomic E-state index is 0.00725. The van der Waals surface area contributed by atoms with Crippen molar-refractivity contribution in [2.24, 2.45) is 11.8 Å². The van der Waals surface area contributed by atoms with E-state index in [-0.39, 0.29) is 23.4 Å². The van der Waals surface area contributed by atoms with E-state index in [1.807, 2.05) is 44.2 Å². The number of nitrogens with zero attached hydrogens (tertiary/aromatic N) is 1. The van der Waals surface area contributed by atoms with Gasteiger partial charge in [0.1, 0.15) is 16.9 Å². The van der Waals surface area contributed by atoms with Crippen molar-refractivity contribution >= 4 is 39.5 Å². The molecule has 1 saturated carbocycles. The average Bonchev–Trinajstić information content (AvgIpc) is 3.46. The van der Waals surface area contributed by atoms with Crippen molar-refractivity contribution in [3.8, 4) is 11.3 Å². The number of fused-ring (bicyclic) bond motifs is 3. The van der Waals surface area contributed by atoms with Gasteiger partial charge >= 0.3 is 5.97 Å². The van der Waals surface area contributed by atoms with Gasteiger partial charge < -0.3 is 18.8 Å². The molecule has 1 aliphatic rings. The fourth-order valence-electron chi connectivity index (χ4n) is 5.13. The Morgan fingerprint density at radius 2 is 1.74 bits per heavy atom. The molecule has 4 aromatic rings. The minimum Gasteiger partial charge on any atom is -0.478 e. The Labute approximate surface area is 198 Å². The van der Waals surface area contributed by atoms with E-state index in [2.05, 4.69) is 6.92 Å². The highest BCUT2D eigenvalue weighted by molar-refractivity contribution is 6.12. The summed E-state index contributed by atoms with van der Waals surface area (Å²) in [6.07, 6.45) is 5.36. The van der Waals surface area contributed by atoms with Crippen LogP contribution in [-0.2, 0) is 4.79 Å². The number of rotatable bonds is 5. The first-order valence-electron chi connectivity index (χ1n) is 11.9. The van der Waals surface area contributed by atoms with Crippen molar-refractivity contribution < 1.29 is 23.5 Å². The smallest absolute Gasteiger partial charge is 0.337 e. The van der Waals surface area contributed by atoms with E-state index in [1.165, 1.54) is 0 Å². The first-order chi connectivity index (χ1) is 16.3. The second-order valence-corrected chi connectivity index (χ2v) is 9.72. The summed E-state index contributed by atoms with van der Waals surface area (Å²) in [4.78, 5) is 27.6. The lowest BCUT2D eigenvalue weighted by atomic mass is 9.82. The topological polar surface area (TPSA) is 83.9 Å². The lowest BCUT2D eigenvalue weighted by molar-refractivity contribution is -0.123. The quantitative estimate of drug-likeness (QED) is 0.344. The van der Waals surface area contributed by atoms with Gasteiger partial charge in [-0.2, -0.15) is 0 Å². The maximum Gasteiger partial charge on any atom is 0.337 e. The zero-order chi connectivity index (χ0) is 24.0. The molecule has 0 saturated heterocycles. The Kier molecular flexibility index (Phi) is 5.68. The highest BCUT2D eigenvalue weighted by atomic mass is 16.4. The lowest BCUT2D eigenvalue weighted by Gasteiger charge is -2.34. The van der Waals surface area contributed by atoms with Gasteiger partial charge in [0.15, 0.2) is 0 Å². The molecule has 0 unspecified atom stereocenters. The molecule has 176 valence electrons. The molecular weight excluding hydrogens is 430 g/mol. The van der Waals surface area contributed by atoms with Gasteiger partial charge in [0.05, 0.1) is 17.5 Å². The van der Waals surface area contributed by atoms with E-state index < -0.39 is 5.97 Å². The van der Waals surface area contributed by atoms with Crippen LogP contribution in [0.3, 0.4) is 0 Å². The van der Waals surface area contributed by atoms with Crippen molar-refractivity contribution in [2.75, 3.05) is 4.90 Å². The summed E-state index contributed by atoms with van der Waals surface area (Å²) < 4.78 is 11.5. The molecule has 0 atom stereocenters. The normalized spacial score (nSPS) is 18.6. The van der Waals surface area contributed by atoms with Crippen LogP contribution in [0.4, 0.5) is 5.69 Å². The standard InChI is InChI=1S/C28H29NO5/c1-16(2)29(27(30)18-8-6-17(3)7-9-18)23-14-21-20-13-19(24-5-4-12-33-24)10-11-25(20)34-26(21)15-22(23)28(31)32/h4-5,10-18H,6-9H2,1-3H3,(H,31,32). The fourth-order valence-corrected chi connectivity index (χ4v) is 5.13. The van der Waals surface area contributed by atoms with Crippen LogP contribution >= 0.6 is 0 Å². The minimum atomic E-state index is -1.08. The summed E-state index contributed by atoms with van der Waals surface area (Å²) in [7, 11) is 0. The number of benzene rings is 2. The number of carbonyl (C=O) groups is 2. The van der Waals surface area contributed by atoms with Crippen LogP contribution in [-0.4, -0.2) is 23.0 Å². The SMILES string of the molecule is CC1CCC(C(=O)N(c2cc3c(cc2C(=O)O)oc2ccc(-c4ccco4)cc23)C(C)C)CC1. The van der Waals surface area contributed by atoms with E-state index in [0.29, 0.717) is 22.8 Å². The summed E-state index contributed by atoms with van der Waals surface area (Å²) in [6, 6.07) is 12.7. The van der Waals surface area contributed by atoms with Gasteiger partial charge in [0.25, 0.3) is 0 Å². The summed E-state index contributed by atoms with van der Waals surface area (Å²) in [6.45, 7) is 6.09. The van der Waals surface area contributed by atoms with Gasteiger partial charge in [0.2, 0.25) is 5.91 Å². The maximum atomic E-state index is 13.7. The van der Waals surface area contributed by atoms with E-state index in [1.54, 1.807) is 23.3 Å². The zero-order valence-electron chi connectivity index (χ0n) is 19.7. The molecule has 2 aromatic carbocycles. The molecule has 0 radical (unpaired) electrons. The molecule has 6 heteroatoms. The van der Waals surface area contributed by atoms with Gasteiger partial charge in [-0.05, 0) is 87.9 Å². The second-order valence-electron chi connectivity index (χ2n) is 9.72. The molecule has 6 nitrogen and oxygen atoms in total. The van der Waals surface area contributed by atoms with Crippen LogP contribution in [0, 0.1) is 11.8 Å². The number of hydrogen-bond acceptors (Lipinski definition) is 4. The first-order valence-corrected chi connectivity index (χ1v) is 11.9. The predicted octanol–water partition coefficient (Wildman–Crippen LogP) is 7.11. The Bertz CT molecular complexity index is 1360. The number of carbonyl (C=O) groups excluding carboxylic acids is 1. The molecule has 1 fully saturated rings. The number of carboxylic acid groups (broad SMARTS) is 1. The van der Waals surface area contributed by atoms with E-state index >= 15 is 0 Å². The average molecular weight is 460 g/mol. The number of amides is 1. The predicted molar refractivity (Wildman–Crippen MR) is 132 cm³/mol. The molecule has 1 N–H and O–H groups in total. The van der Waals surface area contributed by atoms with Crippen LogP contribution in [0.25, 0.3) is 33.3 Å². The van der Waals surface area contributed by atoms with Crippen LogP contribution < -0.4 is 4.90 Å². The molecule has 2 aromatic heterocycles. The maximum absolute atomic E-state index is 13.7. The van der Waals surface area contributed by atoms with Crippen molar-refractivity contribution in [2.45, 2.75) is 52.5 Å².